The maximum atomic E-state index is 12.2. The maximum absolute atomic E-state index is 12.2. The molecule has 0 unspecified atom stereocenters. The molecule has 1 aliphatic rings. The van der Waals surface area contributed by atoms with Gasteiger partial charge in [0.05, 0.1) is 4.90 Å². The van der Waals surface area contributed by atoms with E-state index in [1.165, 1.54) is 0 Å². The van der Waals surface area contributed by atoms with Crippen molar-refractivity contribution in [3.63, 3.8) is 0 Å². The van der Waals surface area contributed by atoms with Crippen molar-refractivity contribution in [2.45, 2.75) is 38.1 Å². The molecule has 0 aromatic carbocycles. The van der Waals surface area contributed by atoms with Gasteiger partial charge in [-0.15, -0.1) is 0 Å². The van der Waals surface area contributed by atoms with E-state index in [2.05, 4.69) is 28.9 Å². The Kier molecular flexibility index (Phi) is 4.03. The Balaban J connectivity index is 2.01. The standard InChI is InChI=1S/C13H23N3O2S/c1-10(2)13(4-5-13)9-16-19(17,18)12-6-11(7-14-3)15-8-12/h6,8,10,14-16H,4-5,7,9H2,1-3H3. The highest BCUT2D eigenvalue weighted by atomic mass is 32.2. The van der Waals surface area contributed by atoms with E-state index in [9.17, 15) is 8.42 Å². The molecule has 6 heteroatoms. The Morgan fingerprint density at radius 1 is 1.42 bits per heavy atom. The van der Waals surface area contributed by atoms with E-state index in [1.54, 1.807) is 12.3 Å². The molecular formula is C13H23N3O2S. The molecule has 0 spiro atoms. The predicted octanol–water partition coefficient (Wildman–Crippen LogP) is 1.45. The van der Waals surface area contributed by atoms with Gasteiger partial charge in [-0.3, -0.25) is 0 Å². The Morgan fingerprint density at radius 3 is 2.63 bits per heavy atom. The maximum Gasteiger partial charge on any atom is 0.242 e. The van der Waals surface area contributed by atoms with Crippen molar-refractivity contribution in [2.75, 3.05) is 13.6 Å². The van der Waals surface area contributed by atoms with E-state index in [0.29, 0.717) is 23.9 Å². The normalized spacial score (nSPS) is 17.9. The van der Waals surface area contributed by atoms with Crippen LogP contribution < -0.4 is 10.0 Å². The molecule has 2 rings (SSSR count). The van der Waals surface area contributed by atoms with E-state index < -0.39 is 10.0 Å². The fourth-order valence-corrected chi connectivity index (χ4v) is 3.46. The summed E-state index contributed by atoms with van der Waals surface area (Å²) in [6.45, 7) is 5.48. The minimum absolute atomic E-state index is 0.178. The second kappa shape index (κ2) is 5.26. The quantitative estimate of drug-likeness (QED) is 0.710. The average Bonchev–Trinajstić information content (AvgIpc) is 3.00. The summed E-state index contributed by atoms with van der Waals surface area (Å²) in [6, 6.07) is 1.67. The average molecular weight is 285 g/mol. The van der Waals surface area contributed by atoms with Crippen LogP contribution in [0.15, 0.2) is 17.2 Å². The number of H-pyrrole nitrogens is 1. The largest absolute Gasteiger partial charge is 0.363 e. The van der Waals surface area contributed by atoms with Crippen LogP contribution in [-0.4, -0.2) is 27.0 Å². The lowest BCUT2D eigenvalue weighted by Gasteiger charge is -2.19. The van der Waals surface area contributed by atoms with Crippen LogP contribution >= 0.6 is 0 Å². The van der Waals surface area contributed by atoms with Crippen molar-refractivity contribution in [2.24, 2.45) is 11.3 Å². The third kappa shape index (κ3) is 3.19. The molecule has 1 aliphatic carbocycles. The Morgan fingerprint density at radius 2 is 2.11 bits per heavy atom. The summed E-state index contributed by atoms with van der Waals surface area (Å²) in [6.07, 6.45) is 3.78. The first-order valence-electron chi connectivity index (χ1n) is 6.71. The molecule has 5 nitrogen and oxygen atoms in total. The van der Waals surface area contributed by atoms with Crippen molar-refractivity contribution in [1.82, 2.24) is 15.0 Å². The lowest BCUT2D eigenvalue weighted by molar-refractivity contribution is 0.357. The van der Waals surface area contributed by atoms with Gasteiger partial charge in [0.15, 0.2) is 0 Å². The van der Waals surface area contributed by atoms with Gasteiger partial charge in [0.1, 0.15) is 0 Å². The van der Waals surface area contributed by atoms with Crippen LogP contribution in [0.25, 0.3) is 0 Å². The molecule has 0 radical (unpaired) electrons. The van der Waals surface area contributed by atoms with Crippen LogP contribution in [0.4, 0.5) is 0 Å². The lowest BCUT2D eigenvalue weighted by Crippen LogP contribution is -2.32. The van der Waals surface area contributed by atoms with Gasteiger partial charge in [-0.2, -0.15) is 0 Å². The van der Waals surface area contributed by atoms with Crippen LogP contribution in [-0.2, 0) is 16.6 Å². The van der Waals surface area contributed by atoms with Crippen LogP contribution in [0.2, 0.25) is 0 Å². The van der Waals surface area contributed by atoms with Gasteiger partial charge in [-0.05, 0) is 37.3 Å². The molecule has 0 aliphatic heterocycles. The topological polar surface area (TPSA) is 74.0 Å². The Labute approximate surface area is 115 Å². The van der Waals surface area contributed by atoms with Gasteiger partial charge in [-0.25, -0.2) is 13.1 Å². The summed E-state index contributed by atoms with van der Waals surface area (Å²) in [7, 11) is -1.57. The minimum Gasteiger partial charge on any atom is -0.363 e. The van der Waals surface area contributed by atoms with Gasteiger partial charge in [-0.1, -0.05) is 13.8 Å². The van der Waals surface area contributed by atoms with Gasteiger partial charge in [0, 0.05) is 25.0 Å². The zero-order chi connectivity index (χ0) is 14.1. The summed E-state index contributed by atoms with van der Waals surface area (Å²) in [5.74, 6) is 0.515. The van der Waals surface area contributed by atoms with Crippen molar-refractivity contribution < 1.29 is 8.42 Å². The molecule has 0 bridgehead atoms. The van der Waals surface area contributed by atoms with E-state index in [-0.39, 0.29) is 5.41 Å². The summed E-state index contributed by atoms with van der Waals surface area (Å²) in [5, 5.41) is 2.98. The number of aromatic amines is 1. The van der Waals surface area contributed by atoms with E-state index in [0.717, 1.165) is 18.5 Å². The SMILES string of the molecule is CNCc1cc(S(=O)(=O)NCC2(C(C)C)CC2)c[nH]1. The van der Waals surface area contributed by atoms with Crippen molar-refractivity contribution >= 4 is 10.0 Å². The first-order chi connectivity index (χ1) is 8.89. The molecule has 3 N–H and O–H groups in total. The molecule has 0 atom stereocenters. The highest BCUT2D eigenvalue weighted by Crippen LogP contribution is 2.51. The zero-order valence-corrected chi connectivity index (χ0v) is 12.6. The third-order valence-electron chi connectivity index (χ3n) is 4.13. The number of sulfonamides is 1. The second-order valence-corrected chi connectivity index (χ2v) is 7.50. The number of hydrogen-bond donors (Lipinski definition) is 3. The van der Waals surface area contributed by atoms with Gasteiger partial charge in [0.25, 0.3) is 0 Å². The second-order valence-electron chi connectivity index (χ2n) is 5.73. The minimum atomic E-state index is -3.39. The van der Waals surface area contributed by atoms with Crippen LogP contribution in [0.3, 0.4) is 0 Å². The molecule has 0 amide bonds. The van der Waals surface area contributed by atoms with Crippen LogP contribution in [0.5, 0.6) is 0 Å². The zero-order valence-electron chi connectivity index (χ0n) is 11.8. The lowest BCUT2D eigenvalue weighted by atomic mass is 9.93. The highest BCUT2D eigenvalue weighted by Gasteiger charge is 2.45. The van der Waals surface area contributed by atoms with Crippen molar-refractivity contribution in [3.8, 4) is 0 Å². The number of rotatable bonds is 7. The van der Waals surface area contributed by atoms with E-state index in [1.807, 2.05) is 7.05 Å². The van der Waals surface area contributed by atoms with Gasteiger partial charge < -0.3 is 10.3 Å². The molecule has 1 aromatic rings. The smallest absolute Gasteiger partial charge is 0.242 e. The van der Waals surface area contributed by atoms with Crippen LogP contribution in [0, 0.1) is 11.3 Å². The fraction of sp³-hybridized carbons (Fsp3) is 0.692. The molecule has 19 heavy (non-hydrogen) atoms. The Bertz CT molecular complexity index is 530. The summed E-state index contributed by atoms with van der Waals surface area (Å²) >= 11 is 0. The molecule has 0 saturated heterocycles. The molecule has 1 fully saturated rings. The number of hydrogen-bond acceptors (Lipinski definition) is 3. The van der Waals surface area contributed by atoms with Gasteiger partial charge in [0.2, 0.25) is 10.0 Å². The first-order valence-corrected chi connectivity index (χ1v) is 8.19. The molecule has 1 aromatic heterocycles. The van der Waals surface area contributed by atoms with Crippen LogP contribution in [0.1, 0.15) is 32.4 Å². The predicted molar refractivity (Wildman–Crippen MR) is 75.2 cm³/mol. The summed E-state index contributed by atoms with van der Waals surface area (Å²) in [4.78, 5) is 3.28. The monoisotopic (exact) mass is 285 g/mol. The Hall–Kier alpha value is -0.850. The van der Waals surface area contributed by atoms with Crippen molar-refractivity contribution in [3.05, 3.63) is 18.0 Å². The summed E-state index contributed by atoms with van der Waals surface area (Å²) < 4.78 is 27.1. The van der Waals surface area contributed by atoms with Gasteiger partial charge >= 0.3 is 0 Å². The highest BCUT2D eigenvalue weighted by molar-refractivity contribution is 7.89. The fourth-order valence-electron chi connectivity index (χ4n) is 2.31. The molecule has 1 heterocycles. The molecule has 1 saturated carbocycles. The third-order valence-corrected chi connectivity index (χ3v) is 5.51. The summed E-state index contributed by atoms with van der Waals surface area (Å²) in [5.41, 5.74) is 1.05. The number of nitrogens with one attached hydrogen (secondary N) is 3. The van der Waals surface area contributed by atoms with E-state index in [4.69, 9.17) is 0 Å². The molecule has 108 valence electrons. The van der Waals surface area contributed by atoms with Crippen molar-refractivity contribution in [1.29, 1.82) is 0 Å². The molecular weight excluding hydrogens is 262 g/mol. The number of aromatic nitrogens is 1. The van der Waals surface area contributed by atoms with E-state index >= 15 is 0 Å². The first kappa shape index (κ1) is 14.6.